The molecule has 2 rings (SSSR count). The van der Waals surface area contributed by atoms with Crippen molar-refractivity contribution in [2.45, 2.75) is 6.92 Å². The fourth-order valence-corrected chi connectivity index (χ4v) is 1.94. The lowest BCUT2D eigenvalue weighted by Crippen LogP contribution is -2.14. The molecule has 0 radical (unpaired) electrons. The van der Waals surface area contributed by atoms with Crippen LogP contribution in [0, 0.1) is 0 Å². The number of hydrogen-bond acceptors (Lipinski definition) is 4. The predicted molar refractivity (Wildman–Crippen MR) is 81.6 cm³/mol. The second-order valence-electron chi connectivity index (χ2n) is 4.14. The van der Waals surface area contributed by atoms with Crippen molar-refractivity contribution in [2.75, 3.05) is 6.61 Å². The summed E-state index contributed by atoms with van der Waals surface area (Å²) in [6, 6.07) is 12.1. The largest absolute Gasteiger partial charge is 0.494 e. The molecule has 6 heteroatoms. The van der Waals surface area contributed by atoms with E-state index >= 15 is 0 Å². The van der Waals surface area contributed by atoms with Crippen LogP contribution in [0.2, 0.25) is 5.02 Å². The topological polar surface area (TPSA) is 77.1 Å². The van der Waals surface area contributed by atoms with Crippen molar-refractivity contribution in [3.05, 3.63) is 53.1 Å². The minimum atomic E-state index is -0.0755. The lowest BCUT2D eigenvalue weighted by molar-refractivity contribution is 0.318. The minimum Gasteiger partial charge on any atom is -0.494 e. The second kappa shape index (κ2) is 6.85. The standard InChI is InChI=1S/C15H15ClN2O3/c1-2-20-11-4-3-5-12(9-11)21-14-7-6-10(16)8-13(14)15(17)18-19/h3-9,19H,2H2,1H3,(H2,17,18). The van der Waals surface area contributed by atoms with Gasteiger partial charge in [0.2, 0.25) is 0 Å². The Morgan fingerprint density at radius 1 is 1.24 bits per heavy atom. The van der Waals surface area contributed by atoms with Crippen LogP contribution in [0.5, 0.6) is 17.2 Å². The lowest BCUT2D eigenvalue weighted by Gasteiger charge is -2.11. The van der Waals surface area contributed by atoms with E-state index in [1.807, 2.05) is 19.1 Å². The number of rotatable bonds is 5. The van der Waals surface area contributed by atoms with E-state index in [4.69, 9.17) is 32.0 Å². The summed E-state index contributed by atoms with van der Waals surface area (Å²) < 4.78 is 11.2. The summed E-state index contributed by atoms with van der Waals surface area (Å²) in [5.74, 6) is 1.64. The number of nitrogens with two attached hydrogens (primary N) is 1. The third-order valence-electron chi connectivity index (χ3n) is 2.67. The molecule has 0 aliphatic rings. The molecular weight excluding hydrogens is 292 g/mol. The van der Waals surface area contributed by atoms with Gasteiger partial charge in [-0.25, -0.2) is 0 Å². The Bertz CT molecular complexity index is 659. The summed E-state index contributed by atoms with van der Waals surface area (Å²) >= 11 is 5.92. The maximum absolute atomic E-state index is 8.83. The van der Waals surface area contributed by atoms with E-state index in [0.717, 1.165) is 0 Å². The van der Waals surface area contributed by atoms with E-state index in [0.29, 0.717) is 34.4 Å². The van der Waals surface area contributed by atoms with Gasteiger partial charge in [-0.15, -0.1) is 0 Å². The Morgan fingerprint density at radius 2 is 2.00 bits per heavy atom. The SMILES string of the molecule is CCOc1cccc(Oc2ccc(Cl)cc2C(N)=NO)c1. The van der Waals surface area contributed by atoms with Gasteiger partial charge in [0.25, 0.3) is 0 Å². The highest BCUT2D eigenvalue weighted by molar-refractivity contribution is 6.31. The van der Waals surface area contributed by atoms with Gasteiger partial charge in [-0.2, -0.15) is 0 Å². The van der Waals surface area contributed by atoms with Gasteiger partial charge in [0.1, 0.15) is 17.2 Å². The average molecular weight is 307 g/mol. The van der Waals surface area contributed by atoms with E-state index in [-0.39, 0.29) is 5.84 Å². The minimum absolute atomic E-state index is 0.0755. The van der Waals surface area contributed by atoms with E-state index < -0.39 is 0 Å². The predicted octanol–water partition coefficient (Wildman–Crippen LogP) is 3.63. The molecule has 0 aliphatic heterocycles. The van der Waals surface area contributed by atoms with Gasteiger partial charge in [0.15, 0.2) is 5.84 Å². The van der Waals surface area contributed by atoms with Crippen molar-refractivity contribution in [2.24, 2.45) is 10.9 Å². The highest BCUT2D eigenvalue weighted by atomic mass is 35.5. The Hall–Kier alpha value is -2.40. The summed E-state index contributed by atoms with van der Waals surface area (Å²) in [5, 5.41) is 12.3. The third kappa shape index (κ3) is 3.79. The van der Waals surface area contributed by atoms with Crippen LogP contribution >= 0.6 is 11.6 Å². The first-order valence-corrected chi connectivity index (χ1v) is 6.70. The Balaban J connectivity index is 2.33. The zero-order chi connectivity index (χ0) is 15.2. The zero-order valence-corrected chi connectivity index (χ0v) is 12.2. The molecule has 0 saturated heterocycles. The third-order valence-corrected chi connectivity index (χ3v) is 2.90. The van der Waals surface area contributed by atoms with Crippen molar-refractivity contribution in [1.82, 2.24) is 0 Å². The molecule has 0 bridgehead atoms. The summed E-state index contributed by atoms with van der Waals surface area (Å²) in [4.78, 5) is 0. The number of halogens is 1. The Labute approximate surface area is 127 Å². The number of amidine groups is 1. The molecule has 21 heavy (non-hydrogen) atoms. The summed E-state index contributed by atoms with van der Waals surface area (Å²) in [6.07, 6.45) is 0. The number of nitrogens with zero attached hydrogens (tertiary/aromatic N) is 1. The number of oxime groups is 1. The van der Waals surface area contributed by atoms with Crippen molar-refractivity contribution < 1.29 is 14.7 Å². The zero-order valence-electron chi connectivity index (χ0n) is 11.4. The quantitative estimate of drug-likeness (QED) is 0.383. The second-order valence-corrected chi connectivity index (χ2v) is 4.57. The molecule has 0 amide bonds. The molecule has 0 fully saturated rings. The van der Waals surface area contributed by atoms with Crippen LogP contribution in [0.4, 0.5) is 0 Å². The van der Waals surface area contributed by atoms with E-state index in [9.17, 15) is 0 Å². The maximum atomic E-state index is 8.83. The van der Waals surface area contributed by atoms with Gasteiger partial charge in [-0.1, -0.05) is 22.8 Å². The molecule has 2 aromatic carbocycles. The van der Waals surface area contributed by atoms with Crippen molar-refractivity contribution >= 4 is 17.4 Å². The molecular formula is C15H15ClN2O3. The van der Waals surface area contributed by atoms with E-state index in [1.165, 1.54) is 0 Å². The Kier molecular flexibility index (Phi) is 4.90. The maximum Gasteiger partial charge on any atom is 0.173 e. The highest BCUT2D eigenvalue weighted by Crippen LogP contribution is 2.29. The van der Waals surface area contributed by atoms with Gasteiger partial charge in [-0.3, -0.25) is 0 Å². The average Bonchev–Trinajstić information content (AvgIpc) is 2.49. The van der Waals surface area contributed by atoms with Crippen LogP contribution < -0.4 is 15.2 Å². The van der Waals surface area contributed by atoms with Crippen molar-refractivity contribution in [1.29, 1.82) is 0 Å². The molecule has 0 atom stereocenters. The highest BCUT2D eigenvalue weighted by Gasteiger charge is 2.11. The molecule has 3 N–H and O–H groups in total. The molecule has 0 aliphatic carbocycles. The fraction of sp³-hybridized carbons (Fsp3) is 0.133. The van der Waals surface area contributed by atoms with E-state index in [2.05, 4.69) is 5.16 Å². The van der Waals surface area contributed by atoms with Crippen LogP contribution in [-0.2, 0) is 0 Å². The summed E-state index contributed by atoms with van der Waals surface area (Å²) in [5.41, 5.74) is 6.04. The molecule has 5 nitrogen and oxygen atoms in total. The molecule has 0 saturated carbocycles. The smallest absolute Gasteiger partial charge is 0.173 e. The van der Waals surface area contributed by atoms with Crippen LogP contribution in [0.15, 0.2) is 47.6 Å². The summed E-state index contributed by atoms with van der Waals surface area (Å²) in [7, 11) is 0. The molecule has 0 unspecified atom stereocenters. The molecule has 2 aromatic rings. The molecule has 0 aromatic heterocycles. The molecule has 0 heterocycles. The lowest BCUT2D eigenvalue weighted by atomic mass is 10.2. The number of benzene rings is 2. The Morgan fingerprint density at radius 3 is 2.71 bits per heavy atom. The molecule has 110 valence electrons. The van der Waals surface area contributed by atoms with Crippen LogP contribution in [-0.4, -0.2) is 17.6 Å². The van der Waals surface area contributed by atoms with E-state index in [1.54, 1.807) is 30.3 Å². The first-order valence-electron chi connectivity index (χ1n) is 6.32. The summed E-state index contributed by atoms with van der Waals surface area (Å²) in [6.45, 7) is 2.48. The van der Waals surface area contributed by atoms with Crippen molar-refractivity contribution in [3.8, 4) is 17.2 Å². The van der Waals surface area contributed by atoms with Crippen LogP contribution in [0.25, 0.3) is 0 Å². The first-order chi connectivity index (χ1) is 10.1. The first kappa shape index (κ1) is 15.0. The fourth-order valence-electron chi connectivity index (χ4n) is 1.77. The van der Waals surface area contributed by atoms with Gasteiger partial charge in [0.05, 0.1) is 12.2 Å². The van der Waals surface area contributed by atoms with Crippen molar-refractivity contribution in [3.63, 3.8) is 0 Å². The monoisotopic (exact) mass is 306 g/mol. The van der Waals surface area contributed by atoms with Gasteiger partial charge in [-0.05, 0) is 37.3 Å². The van der Waals surface area contributed by atoms with Crippen LogP contribution in [0.1, 0.15) is 12.5 Å². The number of ether oxygens (including phenoxy) is 2. The molecule has 0 spiro atoms. The van der Waals surface area contributed by atoms with Gasteiger partial charge < -0.3 is 20.4 Å². The number of hydrogen-bond donors (Lipinski definition) is 2. The van der Waals surface area contributed by atoms with Crippen LogP contribution in [0.3, 0.4) is 0 Å². The van der Waals surface area contributed by atoms with Gasteiger partial charge >= 0.3 is 0 Å². The normalized spacial score (nSPS) is 11.2. The van der Waals surface area contributed by atoms with Gasteiger partial charge in [0, 0.05) is 11.1 Å².